The van der Waals surface area contributed by atoms with Gasteiger partial charge in [-0.1, -0.05) is 27.2 Å². The Labute approximate surface area is 128 Å². The second kappa shape index (κ2) is 6.66. The van der Waals surface area contributed by atoms with Crippen molar-refractivity contribution in [2.24, 2.45) is 23.7 Å². The van der Waals surface area contributed by atoms with Gasteiger partial charge in [-0.15, -0.1) is 0 Å². The molecule has 2 saturated carbocycles. The Morgan fingerprint density at radius 1 is 1.33 bits per heavy atom. The molecule has 4 atom stereocenters. The standard InChI is InChI=1S/C17H31NO3/c1-11(2)14-8-5-12(3)9-15(14)21-10-17(18-4,16(19)20)13-6-7-13/h11-15,18H,5-10H2,1-4H3,(H,19,20). The molecule has 122 valence electrons. The van der Waals surface area contributed by atoms with Crippen molar-refractivity contribution in [2.75, 3.05) is 13.7 Å². The Morgan fingerprint density at radius 2 is 2.00 bits per heavy atom. The fourth-order valence-corrected chi connectivity index (χ4v) is 3.86. The normalized spacial score (nSPS) is 32.9. The first kappa shape index (κ1) is 16.8. The minimum atomic E-state index is -0.887. The first-order chi connectivity index (χ1) is 9.90. The summed E-state index contributed by atoms with van der Waals surface area (Å²) in [7, 11) is 1.75. The van der Waals surface area contributed by atoms with Gasteiger partial charge >= 0.3 is 5.97 Å². The topological polar surface area (TPSA) is 58.6 Å². The highest BCUT2D eigenvalue weighted by Crippen LogP contribution is 2.41. The maximum atomic E-state index is 11.7. The van der Waals surface area contributed by atoms with Crippen LogP contribution >= 0.6 is 0 Å². The average molecular weight is 297 g/mol. The molecule has 0 aromatic carbocycles. The van der Waals surface area contributed by atoms with Gasteiger partial charge in [0.1, 0.15) is 5.54 Å². The van der Waals surface area contributed by atoms with Crippen LogP contribution in [0.3, 0.4) is 0 Å². The summed E-state index contributed by atoms with van der Waals surface area (Å²) in [6, 6.07) is 0. The average Bonchev–Trinajstić information content (AvgIpc) is 3.24. The van der Waals surface area contributed by atoms with E-state index in [0.29, 0.717) is 24.4 Å². The molecule has 2 fully saturated rings. The highest BCUT2D eigenvalue weighted by molar-refractivity contribution is 5.80. The molecule has 0 spiro atoms. The fraction of sp³-hybridized carbons (Fsp3) is 0.941. The molecule has 4 unspecified atom stereocenters. The third kappa shape index (κ3) is 3.59. The van der Waals surface area contributed by atoms with E-state index < -0.39 is 11.5 Å². The Balaban J connectivity index is 2.02. The Bertz CT molecular complexity index is 367. The second-order valence-corrected chi connectivity index (χ2v) is 7.48. The van der Waals surface area contributed by atoms with Crippen LogP contribution in [-0.2, 0) is 9.53 Å². The van der Waals surface area contributed by atoms with Crippen LogP contribution in [0.1, 0.15) is 52.9 Å². The van der Waals surface area contributed by atoms with Gasteiger partial charge in [0.25, 0.3) is 0 Å². The number of carboxylic acid groups (broad SMARTS) is 1. The molecule has 2 N–H and O–H groups in total. The van der Waals surface area contributed by atoms with Crippen molar-refractivity contribution in [3.05, 3.63) is 0 Å². The van der Waals surface area contributed by atoms with Crippen molar-refractivity contribution in [1.82, 2.24) is 5.32 Å². The summed E-state index contributed by atoms with van der Waals surface area (Å²) in [4.78, 5) is 11.7. The predicted molar refractivity (Wildman–Crippen MR) is 83.2 cm³/mol. The number of likely N-dealkylation sites (N-methyl/N-ethyl adjacent to an activating group) is 1. The largest absolute Gasteiger partial charge is 0.480 e. The molecule has 21 heavy (non-hydrogen) atoms. The van der Waals surface area contributed by atoms with Gasteiger partial charge in [0.2, 0.25) is 0 Å². The van der Waals surface area contributed by atoms with E-state index in [0.717, 1.165) is 19.3 Å². The van der Waals surface area contributed by atoms with E-state index >= 15 is 0 Å². The number of carbonyl (C=O) groups is 1. The lowest BCUT2D eigenvalue weighted by Crippen LogP contribution is -2.57. The molecule has 4 nitrogen and oxygen atoms in total. The van der Waals surface area contributed by atoms with E-state index in [-0.39, 0.29) is 12.0 Å². The summed E-state index contributed by atoms with van der Waals surface area (Å²) in [5, 5.41) is 12.7. The van der Waals surface area contributed by atoms with E-state index in [1.54, 1.807) is 7.05 Å². The minimum absolute atomic E-state index is 0.208. The number of aliphatic carboxylic acids is 1. The Morgan fingerprint density at radius 3 is 2.48 bits per heavy atom. The molecule has 0 radical (unpaired) electrons. The zero-order valence-corrected chi connectivity index (χ0v) is 13.9. The molecular formula is C17H31NO3. The van der Waals surface area contributed by atoms with E-state index in [4.69, 9.17) is 4.74 Å². The van der Waals surface area contributed by atoms with Gasteiger partial charge in [-0.25, -0.2) is 0 Å². The number of hydrogen-bond acceptors (Lipinski definition) is 3. The van der Waals surface area contributed by atoms with Gasteiger partial charge in [-0.05, 0) is 56.4 Å². The summed E-state index contributed by atoms with van der Waals surface area (Å²) < 4.78 is 6.20. The van der Waals surface area contributed by atoms with Crippen LogP contribution in [0.15, 0.2) is 0 Å². The van der Waals surface area contributed by atoms with Crippen LogP contribution in [0.5, 0.6) is 0 Å². The second-order valence-electron chi connectivity index (χ2n) is 7.48. The van der Waals surface area contributed by atoms with E-state index in [9.17, 15) is 9.90 Å². The van der Waals surface area contributed by atoms with Gasteiger partial charge < -0.3 is 15.2 Å². The molecule has 4 heteroatoms. The van der Waals surface area contributed by atoms with Crippen LogP contribution in [0.2, 0.25) is 0 Å². The van der Waals surface area contributed by atoms with Crippen LogP contribution in [0.25, 0.3) is 0 Å². The number of nitrogens with one attached hydrogen (secondary N) is 1. The number of hydrogen-bond donors (Lipinski definition) is 2. The van der Waals surface area contributed by atoms with E-state index in [2.05, 4.69) is 26.1 Å². The number of ether oxygens (including phenoxy) is 1. The molecule has 0 saturated heterocycles. The summed E-state index contributed by atoms with van der Waals surface area (Å²) in [5.41, 5.74) is -0.887. The van der Waals surface area contributed by atoms with Gasteiger partial charge in [-0.3, -0.25) is 4.79 Å². The molecule has 0 bridgehead atoms. The lowest BCUT2D eigenvalue weighted by molar-refractivity contribution is -0.152. The van der Waals surface area contributed by atoms with Gasteiger partial charge in [-0.2, -0.15) is 0 Å². The maximum absolute atomic E-state index is 11.7. The summed E-state index contributed by atoms with van der Waals surface area (Å²) in [6.45, 7) is 7.07. The van der Waals surface area contributed by atoms with Crippen molar-refractivity contribution in [1.29, 1.82) is 0 Å². The van der Waals surface area contributed by atoms with Crippen molar-refractivity contribution < 1.29 is 14.6 Å². The lowest BCUT2D eigenvalue weighted by Gasteiger charge is -2.39. The third-order valence-electron chi connectivity index (χ3n) is 5.59. The highest BCUT2D eigenvalue weighted by Gasteiger charge is 2.51. The smallest absolute Gasteiger partial charge is 0.326 e. The SMILES string of the molecule is CNC(COC1CC(C)CCC1C(C)C)(C(=O)O)C1CC1. The van der Waals surface area contributed by atoms with Gasteiger partial charge in [0.15, 0.2) is 0 Å². The minimum Gasteiger partial charge on any atom is -0.480 e. The zero-order valence-electron chi connectivity index (χ0n) is 13.9. The number of rotatable bonds is 7. The predicted octanol–water partition coefficient (Wildman–Crippen LogP) is 2.92. The van der Waals surface area contributed by atoms with E-state index in [1.165, 1.54) is 12.8 Å². The van der Waals surface area contributed by atoms with Crippen molar-refractivity contribution in [2.45, 2.75) is 64.5 Å². The van der Waals surface area contributed by atoms with E-state index in [1.807, 2.05) is 0 Å². The quantitative estimate of drug-likeness (QED) is 0.758. The van der Waals surface area contributed by atoms with Crippen LogP contribution in [0.4, 0.5) is 0 Å². The van der Waals surface area contributed by atoms with Crippen molar-refractivity contribution in [3.8, 4) is 0 Å². The maximum Gasteiger partial charge on any atom is 0.326 e. The van der Waals surface area contributed by atoms with Crippen LogP contribution in [0, 0.1) is 23.7 Å². The van der Waals surface area contributed by atoms with Crippen LogP contribution < -0.4 is 5.32 Å². The molecule has 0 aliphatic heterocycles. The molecule has 2 aliphatic carbocycles. The Hall–Kier alpha value is -0.610. The Kier molecular flexibility index (Phi) is 5.31. The lowest BCUT2D eigenvalue weighted by atomic mass is 9.75. The molecule has 0 heterocycles. The summed E-state index contributed by atoms with van der Waals surface area (Å²) >= 11 is 0. The van der Waals surface area contributed by atoms with Crippen LogP contribution in [-0.4, -0.2) is 36.4 Å². The first-order valence-electron chi connectivity index (χ1n) is 8.44. The summed E-state index contributed by atoms with van der Waals surface area (Å²) in [5.74, 6) is 1.29. The molecule has 0 aromatic heterocycles. The molecule has 0 aromatic rings. The summed E-state index contributed by atoms with van der Waals surface area (Å²) in [6.07, 6.45) is 5.72. The fourth-order valence-electron chi connectivity index (χ4n) is 3.86. The first-order valence-corrected chi connectivity index (χ1v) is 8.44. The van der Waals surface area contributed by atoms with Crippen molar-refractivity contribution in [3.63, 3.8) is 0 Å². The number of carboxylic acids is 1. The molecule has 0 amide bonds. The molecule has 2 aliphatic rings. The van der Waals surface area contributed by atoms with Gasteiger partial charge in [0, 0.05) is 0 Å². The molecule has 2 rings (SSSR count). The highest BCUT2D eigenvalue weighted by atomic mass is 16.5. The van der Waals surface area contributed by atoms with Gasteiger partial charge in [0.05, 0.1) is 12.7 Å². The molecular weight excluding hydrogens is 266 g/mol. The third-order valence-corrected chi connectivity index (χ3v) is 5.59. The van der Waals surface area contributed by atoms with Crippen molar-refractivity contribution >= 4 is 5.97 Å². The monoisotopic (exact) mass is 297 g/mol. The zero-order chi connectivity index (χ0) is 15.6.